The number of ketones is 1. The summed E-state index contributed by atoms with van der Waals surface area (Å²) < 4.78 is 18.6. The molecule has 1 aliphatic heterocycles. The lowest BCUT2D eigenvalue weighted by molar-refractivity contribution is -0.135. The highest BCUT2D eigenvalue weighted by Gasteiger charge is 2.28. The third kappa shape index (κ3) is 3.50. The Morgan fingerprint density at radius 1 is 1.04 bits per heavy atom. The normalized spacial score (nSPS) is 15.1. The van der Waals surface area contributed by atoms with Gasteiger partial charge in [0, 0.05) is 6.54 Å². The zero-order valence-corrected chi connectivity index (χ0v) is 14.2. The van der Waals surface area contributed by atoms with Gasteiger partial charge in [-0.1, -0.05) is 12.1 Å². The summed E-state index contributed by atoms with van der Waals surface area (Å²) >= 11 is 0. The summed E-state index contributed by atoms with van der Waals surface area (Å²) in [6.45, 7) is 0.165. The standard InChI is InChI=1S/C19H14FNO7/c20-10-3-1-9(2-4-10)14(17(24)19(26)27)12-5-6-13(28-12)15(22)11-7-8-21-18(25)16(11)23/h1-6,23-24H,7-8H2,(H,21,25)(H,26,27)/b17-14+. The molecule has 0 saturated carbocycles. The van der Waals surface area contributed by atoms with Gasteiger partial charge in [-0.05, 0) is 36.2 Å². The highest BCUT2D eigenvalue weighted by Crippen LogP contribution is 2.29. The predicted molar refractivity (Wildman–Crippen MR) is 93.0 cm³/mol. The highest BCUT2D eigenvalue weighted by molar-refractivity contribution is 6.12. The Bertz CT molecular complexity index is 1030. The van der Waals surface area contributed by atoms with Crippen LogP contribution in [-0.2, 0) is 9.59 Å². The lowest BCUT2D eigenvalue weighted by atomic mass is 10.0. The Morgan fingerprint density at radius 2 is 1.68 bits per heavy atom. The van der Waals surface area contributed by atoms with Crippen LogP contribution in [0.4, 0.5) is 4.39 Å². The second-order valence-electron chi connectivity index (χ2n) is 5.86. The molecule has 1 aliphatic rings. The molecule has 9 heteroatoms. The largest absolute Gasteiger partial charge is 0.503 e. The van der Waals surface area contributed by atoms with Gasteiger partial charge in [0.15, 0.2) is 11.5 Å². The first-order chi connectivity index (χ1) is 13.3. The van der Waals surface area contributed by atoms with Crippen molar-refractivity contribution in [3.63, 3.8) is 0 Å². The zero-order valence-electron chi connectivity index (χ0n) is 14.2. The molecular formula is C19H14FNO7. The third-order valence-corrected chi connectivity index (χ3v) is 4.08. The monoisotopic (exact) mass is 387 g/mol. The van der Waals surface area contributed by atoms with E-state index >= 15 is 0 Å². The molecule has 0 saturated heterocycles. The van der Waals surface area contributed by atoms with Crippen LogP contribution < -0.4 is 5.32 Å². The smallest absolute Gasteiger partial charge is 0.371 e. The second kappa shape index (κ2) is 7.39. The number of carboxylic acid groups (broad SMARTS) is 1. The molecule has 3 rings (SSSR count). The van der Waals surface area contributed by atoms with Crippen molar-refractivity contribution >= 4 is 23.2 Å². The first kappa shape index (κ1) is 18.9. The quantitative estimate of drug-likeness (QED) is 0.351. The van der Waals surface area contributed by atoms with Crippen LogP contribution in [0.3, 0.4) is 0 Å². The van der Waals surface area contributed by atoms with E-state index in [1.165, 1.54) is 24.3 Å². The second-order valence-corrected chi connectivity index (χ2v) is 5.86. The van der Waals surface area contributed by atoms with Crippen molar-refractivity contribution in [1.82, 2.24) is 5.32 Å². The van der Waals surface area contributed by atoms with Crippen LogP contribution in [0.5, 0.6) is 0 Å². The number of halogens is 1. The Morgan fingerprint density at radius 3 is 2.32 bits per heavy atom. The van der Waals surface area contributed by atoms with E-state index < -0.39 is 35.0 Å². The Kier molecular flexibility index (Phi) is 4.99. The summed E-state index contributed by atoms with van der Waals surface area (Å²) in [6.07, 6.45) is 0.0907. The van der Waals surface area contributed by atoms with E-state index in [1.807, 2.05) is 0 Å². The van der Waals surface area contributed by atoms with Gasteiger partial charge in [0.25, 0.3) is 5.91 Å². The molecule has 0 spiro atoms. The van der Waals surface area contributed by atoms with E-state index in [1.54, 1.807) is 0 Å². The average Bonchev–Trinajstić information content (AvgIpc) is 3.14. The molecule has 1 aromatic carbocycles. The summed E-state index contributed by atoms with van der Waals surface area (Å²) in [7, 11) is 0. The Hall–Kier alpha value is -3.88. The molecule has 8 nitrogen and oxygen atoms in total. The minimum Gasteiger partial charge on any atom is -0.503 e. The molecule has 0 atom stereocenters. The summed E-state index contributed by atoms with van der Waals surface area (Å²) in [4.78, 5) is 35.3. The van der Waals surface area contributed by atoms with E-state index in [-0.39, 0.29) is 41.2 Å². The van der Waals surface area contributed by atoms with Gasteiger partial charge in [-0.15, -0.1) is 0 Å². The average molecular weight is 387 g/mol. The number of nitrogens with one attached hydrogen (secondary N) is 1. The number of carboxylic acids is 1. The number of aliphatic carboxylic acids is 1. The molecule has 0 fully saturated rings. The topological polar surface area (TPSA) is 137 Å². The van der Waals surface area contributed by atoms with Crippen LogP contribution >= 0.6 is 0 Å². The Labute approximate surface area is 157 Å². The maximum Gasteiger partial charge on any atom is 0.371 e. The predicted octanol–water partition coefficient (Wildman–Crippen LogP) is 2.34. The van der Waals surface area contributed by atoms with Crippen molar-refractivity contribution in [3.05, 3.63) is 76.4 Å². The molecule has 1 aromatic heterocycles. The number of hydrogen-bond acceptors (Lipinski definition) is 6. The van der Waals surface area contributed by atoms with Gasteiger partial charge in [-0.2, -0.15) is 0 Å². The van der Waals surface area contributed by atoms with Crippen LogP contribution in [0, 0.1) is 5.82 Å². The van der Waals surface area contributed by atoms with E-state index in [0.717, 1.165) is 12.1 Å². The molecule has 0 unspecified atom stereocenters. The van der Waals surface area contributed by atoms with E-state index in [0.29, 0.717) is 0 Å². The molecule has 4 N–H and O–H groups in total. The molecule has 28 heavy (non-hydrogen) atoms. The van der Waals surface area contributed by atoms with Crippen molar-refractivity contribution in [2.24, 2.45) is 0 Å². The maximum absolute atomic E-state index is 13.2. The summed E-state index contributed by atoms with van der Waals surface area (Å²) in [5.74, 6) is -5.92. The molecule has 0 bridgehead atoms. The Balaban J connectivity index is 2.04. The van der Waals surface area contributed by atoms with Crippen molar-refractivity contribution < 1.29 is 38.5 Å². The number of carbonyl (C=O) groups excluding carboxylic acids is 2. The zero-order chi connectivity index (χ0) is 20.4. The van der Waals surface area contributed by atoms with Crippen molar-refractivity contribution in [3.8, 4) is 0 Å². The minimum absolute atomic E-state index is 0.0907. The van der Waals surface area contributed by atoms with Gasteiger partial charge < -0.3 is 25.1 Å². The van der Waals surface area contributed by atoms with Crippen molar-refractivity contribution in [2.75, 3.05) is 6.54 Å². The maximum atomic E-state index is 13.2. The number of benzene rings is 1. The van der Waals surface area contributed by atoms with Gasteiger partial charge in [0.1, 0.15) is 11.6 Å². The first-order valence-electron chi connectivity index (χ1n) is 8.07. The summed E-state index contributed by atoms with van der Waals surface area (Å²) in [5, 5.41) is 31.3. The van der Waals surface area contributed by atoms with Crippen LogP contribution in [0.25, 0.3) is 5.57 Å². The molecular weight excluding hydrogens is 373 g/mol. The number of rotatable bonds is 5. The van der Waals surface area contributed by atoms with E-state index in [4.69, 9.17) is 9.52 Å². The fraction of sp³-hybridized carbons (Fsp3) is 0.105. The third-order valence-electron chi connectivity index (χ3n) is 4.08. The van der Waals surface area contributed by atoms with Crippen molar-refractivity contribution in [2.45, 2.75) is 6.42 Å². The minimum atomic E-state index is -1.65. The van der Waals surface area contributed by atoms with Gasteiger partial charge in [-0.25, -0.2) is 9.18 Å². The van der Waals surface area contributed by atoms with Gasteiger partial charge in [0.2, 0.25) is 11.5 Å². The number of aliphatic hydroxyl groups excluding tert-OH is 2. The van der Waals surface area contributed by atoms with Crippen LogP contribution in [-0.4, -0.2) is 39.5 Å². The number of furan rings is 1. The lowest BCUT2D eigenvalue weighted by Crippen LogP contribution is -2.33. The fourth-order valence-corrected chi connectivity index (χ4v) is 2.72. The summed E-state index contributed by atoms with van der Waals surface area (Å²) in [6, 6.07) is 7.11. The molecule has 0 aliphatic carbocycles. The molecule has 2 heterocycles. The first-order valence-corrected chi connectivity index (χ1v) is 8.07. The van der Waals surface area contributed by atoms with E-state index in [2.05, 4.69) is 5.32 Å². The summed E-state index contributed by atoms with van der Waals surface area (Å²) in [5.41, 5.74) is -0.251. The molecule has 0 radical (unpaired) electrons. The molecule has 2 aromatic rings. The molecule has 144 valence electrons. The van der Waals surface area contributed by atoms with Gasteiger partial charge in [-0.3, -0.25) is 9.59 Å². The number of Topliss-reactive ketones (excluding diaryl/α,β-unsaturated/α-hetero) is 1. The number of carbonyl (C=O) groups is 3. The van der Waals surface area contributed by atoms with Crippen molar-refractivity contribution in [1.29, 1.82) is 0 Å². The lowest BCUT2D eigenvalue weighted by Gasteiger charge is -2.14. The van der Waals surface area contributed by atoms with Crippen LogP contribution in [0.2, 0.25) is 0 Å². The van der Waals surface area contributed by atoms with Crippen LogP contribution in [0.1, 0.15) is 28.3 Å². The fourth-order valence-electron chi connectivity index (χ4n) is 2.72. The van der Waals surface area contributed by atoms with Crippen LogP contribution in [0.15, 0.2) is 57.9 Å². The van der Waals surface area contributed by atoms with Gasteiger partial charge in [0.05, 0.1) is 11.1 Å². The number of aliphatic hydroxyl groups is 2. The molecule has 1 amide bonds. The van der Waals surface area contributed by atoms with E-state index in [9.17, 15) is 29.0 Å². The highest BCUT2D eigenvalue weighted by atomic mass is 19.1. The SMILES string of the molecule is O=C1NCCC(C(=O)c2ccc(/C(=C(/O)C(=O)O)c3ccc(F)cc3)o2)=C1O. The number of amides is 1. The van der Waals surface area contributed by atoms with Gasteiger partial charge >= 0.3 is 5.97 Å². The number of hydrogen-bond donors (Lipinski definition) is 4.